The zero-order valence-electron chi connectivity index (χ0n) is 13.9. The van der Waals surface area contributed by atoms with Crippen LogP contribution in [0.4, 0.5) is 0 Å². The minimum atomic E-state index is -0.142. The smallest absolute Gasteiger partial charge is 0.251 e. The molecule has 5 nitrogen and oxygen atoms in total. The standard InChI is InChI=1S/C18H17N3O2S3/c22-17(12-4-6-13(7-5-12)18-25-9-2-10-26-18)19-11-15-20-16(21-23-15)14-3-1-8-24-14/h1,3-8,18H,2,9-11H2,(H,19,22). The second-order valence-electron chi connectivity index (χ2n) is 5.72. The molecule has 1 saturated heterocycles. The van der Waals surface area contributed by atoms with E-state index < -0.39 is 0 Å². The van der Waals surface area contributed by atoms with Crippen LogP contribution in [0.15, 0.2) is 46.3 Å². The van der Waals surface area contributed by atoms with Crippen LogP contribution in [0.5, 0.6) is 0 Å². The lowest BCUT2D eigenvalue weighted by Gasteiger charge is -2.21. The number of amides is 1. The number of nitrogens with one attached hydrogen (secondary N) is 1. The summed E-state index contributed by atoms with van der Waals surface area (Å²) in [5.41, 5.74) is 1.91. The maximum Gasteiger partial charge on any atom is 0.251 e. The van der Waals surface area contributed by atoms with Gasteiger partial charge in [-0.1, -0.05) is 23.4 Å². The van der Waals surface area contributed by atoms with Crippen molar-refractivity contribution < 1.29 is 9.32 Å². The molecule has 1 N–H and O–H groups in total. The lowest BCUT2D eigenvalue weighted by molar-refractivity contribution is 0.0946. The van der Waals surface area contributed by atoms with Gasteiger partial charge in [0.25, 0.3) is 5.91 Å². The van der Waals surface area contributed by atoms with Gasteiger partial charge in [0.05, 0.1) is 16.0 Å². The average molecular weight is 404 g/mol. The number of thiophene rings is 1. The lowest BCUT2D eigenvalue weighted by Crippen LogP contribution is -2.22. The van der Waals surface area contributed by atoms with Crippen LogP contribution >= 0.6 is 34.9 Å². The summed E-state index contributed by atoms with van der Waals surface area (Å²) in [6.07, 6.45) is 1.27. The van der Waals surface area contributed by atoms with Gasteiger partial charge in [-0.3, -0.25) is 4.79 Å². The Labute approximate surface area is 164 Å². The number of carbonyl (C=O) groups excluding carboxylic acids is 1. The Morgan fingerprint density at radius 2 is 2.00 bits per heavy atom. The molecule has 0 aliphatic carbocycles. The van der Waals surface area contributed by atoms with Gasteiger partial charge < -0.3 is 9.84 Å². The van der Waals surface area contributed by atoms with E-state index in [1.807, 2.05) is 65.3 Å². The largest absolute Gasteiger partial charge is 0.343 e. The Kier molecular flexibility index (Phi) is 5.62. The third-order valence-corrected chi connectivity index (χ3v) is 7.76. The van der Waals surface area contributed by atoms with Crippen LogP contribution < -0.4 is 5.32 Å². The van der Waals surface area contributed by atoms with Crippen molar-refractivity contribution in [1.29, 1.82) is 0 Å². The molecule has 1 fully saturated rings. The Balaban J connectivity index is 1.34. The fourth-order valence-electron chi connectivity index (χ4n) is 2.56. The minimum absolute atomic E-state index is 0.142. The number of rotatable bonds is 5. The molecule has 0 radical (unpaired) electrons. The number of nitrogens with zero attached hydrogens (tertiary/aromatic N) is 2. The number of hydrogen-bond acceptors (Lipinski definition) is 7. The molecule has 0 atom stereocenters. The van der Waals surface area contributed by atoms with Gasteiger partial charge in [0.2, 0.25) is 11.7 Å². The molecule has 1 amide bonds. The van der Waals surface area contributed by atoms with Crippen molar-refractivity contribution in [2.24, 2.45) is 0 Å². The molecule has 26 heavy (non-hydrogen) atoms. The van der Waals surface area contributed by atoms with Gasteiger partial charge in [-0.15, -0.1) is 34.9 Å². The minimum Gasteiger partial charge on any atom is -0.343 e. The molecule has 1 aliphatic heterocycles. The van der Waals surface area contributed by atoms with E-state index in [0.29, 0.717) is 21.9 Å². The second-order valence-corrected chi connectivity index (χ2v) is 9.39. The zero-order valence-corrected chi connectivity index (χ0v) is 16.3. The average Bonchev–Trinajstić information content (AvgIpc) is 3.38. The highest BCUT2D eigenvalue weighted by Crippen LogP contribution is 2.43. The van der Waals surface area contributed by atoms with Crippen LogP contribution in [0.3, 0.4) is 0 Å². The molecule has 3 aromatic rings. The van der Waals surface area contributed by atoms with Crippen molar-refractivity contribution in [1.82, 2.24) is 15.5 Å². The first-order valence-corrected chi connectivity index (χ1v) is 11.2. The van der Waals surface area contributed by atoms with Crippen molar-refractivity contribution in [3.8, 4) is 10.7 Å². The summed E-state index contributed by atoms with van der Waals surface area (Å²) in [5.74, 6) is 3.22. The summed E-state index contributed by atoms with van der Waals surface area (Å²) in [6.45, 7) is 0.216. The molecular formula is C18H17N3O2S3. The highest BCUT2D eigenvalue weighted by Gasteiger charge is 2.17. The van der Waals surface area contributed by atoms with Crippen LogP contribution in [0.1, 0.15) is 32.8 Å². The van der Waals surface area contributed by atoms with Gasteiger partial charge >= 0.3 is 0 Å². The quantitative estimate of drug-likeness (QED) is 0.672. The monoisotopic (exact) mass is 403 g/mol. The number of benzene rings is 1. The number of carbonyl (C=O) groups is 1. The zero-order chi connectivity index (χ0) is 17.8. The molecule has 0 unspecified atom stereocenters. The molecule has 1 aromatic carbocycles. The summed E-state index contributed by atoms with van der Waals surface area (Å²) >= 11 is 5.50. The van der Waals surface area contributed by atoms with E-state index in [4.69, 9.17) is 4.52 Å². The first kappa shape index (κ1) is 17.6. The van der Waals surface area contributed by atoms with Crippen molar-refractivity contribution in [3.05, 3.63) is 58.8 Å². The molecule has 3 heterocycles. The van der Waals surface area contributed by atoms with Crippen molar-refractivity contribution in [2.45, 2.75) is 17.5 Å². The maximum atomic E-state index is 12.3. The molecule has 0 spiro atoms. The lowest BCUT2D eigenvalue weighted by atomic mass is 10.1. The molecule has 8 heteroatoms. The molecule has 1 aliphatic rings. The predicted octanol–water partition coefficient (Wildman–Crippen LogP) is 4.60. The molecule has 134 valence electrons. The Hall–Kier alpha value is -1.77. The van der Waals surface area contributed by atoms with E-state index in [2.05, 4.69) is 15.5 Å². The summed E-state index contributed by atoms with van der Waals surface area (Å²) < 4.78 is 5.68. The molecule has 0 bridgehead atoms. The van der Waals surface area contributed by atoms with E-state index in [-0.39, 0.29) is 12.5 Å². The van der Waals surface area contributed by atoms with Crippen molar-refractivity contribution >= 4 is 40.8 Å². The van der Waals surface area contributed by atoms with E-state index in [0.717, 1.165) is 4.88 Å². The van der Waals surface area contributed by atoms with Crippen LogP contribution in [0.25, 0.3) is 10.7 Å². The molecule has 4 rings (SSSR count). The van der Waals surface area contributed by atoms with E-state index in [1.165, 1.54) is 23.5 Å². The van der Waals surface area contributed by atoms with E-state index in [9.17, 15) is 4.79 Å². The van der Waals surface area contributed by atoms with Gasteiger partial charge in [0.1, 0.15) is 0 Å². The van der Waals surface area contributed by atoms with Crippen LogP contribution in [0.2, 0.25) is 0 Å². The number of hydrogen-bond donors (Lipinski definition) is 1. The van der Waals surface area contributed by atoms with Gasteiger partial charge in [-0.25, -0.2) is 0 Å². The maximum absolute atomic E-state index is 12.3. The summed E-state index contributed by atoms with van der Waals surface area (Å²) in [6, 6.07) is 11.7. The van der Waals surface area contributed by atoms with E-state index in [1.54, 1.807) is 11.3 Å². The van der Waals surface area contributed by atoms with Gasteiger partial charge in [0.15, 0.2) is 0 Å². The summed E-state index contributed by atoms with van der Waals surface area (Å²) in [5, 5.41) is 8.73. The molecular weight excluding hydrogens is 386 g/mol. The molecule has 2 aromatic heterocycles. The fraction of sp³-hybridized carbons (Fsp3) is 0.278. The first-order valence-electron chi connectivity index (χ1n) is 8.27. The van der Waals surface area contributed by atoms with Gasteiger partial charge in [-0.2, -0.15) is 4.98 Å². The third-order valence-electron chi connectivity index (χ3n) is 3.88. The van der Waals surface area contributed by atoms with Gasteiger partial charge in [-0.05, 0) is 47.1 Å². The Morgan fingerprint density at radius 1 is 1.19 bits per heavy atom. The van der Waals surface area contributed by atoms with Crippen LogP contribution in [-0.4, -0.2) is 27.6 Å². The SMILES string of the molecule is O=C(NCc1nc(-c2cccs2)no1)c1ccc(C2SCCCS2)cc1. The molecule has 0 saturated carbocycles. The van der Waals surface area contributed by atoms with Gasteiger partial charge in [0, 0.05) is 5.56 Å². The topological polar surface area (TPSA) is 68.0 Å². The Morgan fingerprint density at radius 3 is 2.73 bits per heavy atom. The van der Waals surface area contributed by atoms with Crippen molar-refractivity contribution in [3.63, 3.8) is 0 Å². The van der Waals surface area contributed by atoms with Crippen molar-refractivity contribution in [2.75, 3.05) is 11.5 Å². The number of thioether (sulfide) groups is 2. The Bertz CT molecular complexity index is 856. The normalized spacial score (nSPS) is 15.1. The third kappa shape index (κ3) is 4.13. The van der Waals surface area contributed by atoms with E-state index >= 15 is 0 Å². The number of aromatic nitrogens is 2. The fourth-order valence-corrected chi connectivity index (χ4v) is 6.11. The first-order chi connectivity index (χ1) is 12.8. The highest BCUT2D eigenvalue weighted by atomic mass is 32.2. The highest BCUT2D eigenvalue weighted by molar-refractivity contribution is 8.16. The summed E-state index contributed by atoms with van der Waals surface area (Å²) in [4.78, 5) is 17.6. The summed E-state index contributed by atoms with van der Waals surface area (Å²) in [7, 11) is 0. The predicted molar refractivity (Wildman–Crippen MR) is 107 cm³/mol. The van der Waals surface area contributed by atoms with Crippen LogP contribution in [-0.2, 0) is 6.54 Å². The van der Waals surface area contributed by atoms with Crippen LogP contribution in [0, 0.1) is 0 Å². The second kappa shape index (κ2) is 8.28.